The van der Waals surface area contributed by atoms with Crippen LogP contribution in [0.15, 0.2) is 66.7 Å². The minimum atomic E-state index is -0.522. The molecule has 0 bridgehead atoms. The van der Waals surface area contributed by atoms with Crippen molar-refractivity contribution in [2.24, 2.45) is 0 Å². The largest absolute Gasteiger partial charge is 0.457 e. The topological polar surface area (TPSA) is 93.7 Å². The van der Waals surface area contributed by atoms with E-state index in [2.05, 4.69) is 36.6 Å². The van der Waals surface area contributed by atoms with Gasteiger partial charge in [0.15, 0.2) is 6.61 Å². The molecule has 0 aliphatic rings. The van der Waals surface area contributed by atoms with E-state index in [0.717, 1.165) is 22.4 Å². The number of hydrogen-bond donors (Lipinski definition) is 2. The Morgan fingerprint density at radius 1 is 0.838 bits per heavy atom. The lowest BCUT2D eigenvalue weighted by molar-refractivity contribution is -0.147. The van der Waals surface area contributed by atoms with Crippen LogP contribution >= 0.6 is 0 Å². The lowest BCUT2D eigenvalue weighted by Gasteiger charge is -2.15. The van der Waals surface area contributed by atoms with Crippen LogP contribution in [0.25, 0.3) is 0 Å². The maximum atomic E-state index is 12.3. The van der Waals surface area contributed by atoms with Gasteiger partial charge in [0.25, 0.3) is 5.91 Å². The number of carbonyl (C=O) groups is 3. The molecule has 0 fully saturated rings. The number of ether oxygens (including phenoxy) is 2. The summed E-state index contributed by atoms with van der Waals surface area (Å²) in [6.07, 6.45) is 0.521. The molecule has 2 amide bonds. The summed E-state index contributed by atoms with van der Waals surface area (Å²) in [4.78, 5) is 36.2. The van der Waals surface area contributed by atoms with Crippen molar-refractivity contribution in [3.63, 3.8) is 0 Å². The molecule has 7 nitrogen and oxygen atoms in total. The molecule has 0 unspecified atom stereocenters. The van der Waals surface area contributed by atoms with Gasteiger partial charge in [-0.2, -0.15) is 0 Å². The van der Waals surface area contributed by atoms with Gasteiger partial charge in [0, 0.05) is 24.2 Å². The first kappa shape index (κ1) is 27.5. The Morgan fingerprint density at radius 2 is 1.57 bits per heavy atom. The van der Waals surface area contributed by atoms with Crippen LogP contribution in [0.2, 0.25) is 0 Å². The predicted octanol–water partition coefficient (Wildman–Crippen LogP) is 6.51. The van der Waals surface area contributed by atoms with Crippen LogP contribution in [-0.2, 0) is 19.1 Å². The quantitative estimate of drug-likeness (QED) is 0.292. The smallest absolute Gasteiger partial charge is 0.306 e. The summed E-state index contributed by atoms with van der Waals surface area (Å²) in [7, 11) is 0. The number of hydrogen-bond acceptors (Lipinski definition) is 5. The van der Waals surface area contributed by atoms with E-state index < -0.39 is 11.9 Å². The number of esters is 1. The summed E-state index contributed by atoms with van der Waals surface area (Å²) in [5.74, 6) is 0.703. The highest BCUT2D eigenvalue weighted by molar-refractivity contribution is 5.93. The summed E-state index contributed by atoms with van der Waals surface area (Å²) < 4.78 is 11.1. The molecule has 37 heavy (non-hydrogen) atoms. The van der Waals surface area contributed by atoms with Crippen LogP contribution < -0.4 is 15.4 Å². The number of aryl methyl sites for hydroxylation is 2. The summed E-state index contributed by atoms with van der Waals surface area (Å²) in [6, 6.07) is 20.7. The molecule has 7 heteroatoms. The molecule has 0 aliphatic heterocycles. The SMILES string of the molecule is Cc1ccc(C(C)C)c(Oc2ccc(NC(=O)CCCC(=O)OCC(=O)Nc3ccccc3C)cc2)c1. The van der Waals surface area contributed by atoms with Crippen molar-refractivity contribution < 1.29 is 23.9 Å². The molecule has 0 spiro atoms. The van der Waals surface area contributed by atoms with E-state index in [4.69, 9.17) is 9.47 Å². The lowest BCUT2D eigenvalue weighted by atomic mass is 10.0. The van der Waals surface area contributed by atoms with Crippen molar-refractivity contribution in [2.75, 3.05) is 17.2 Å². The third kappa shape index (κ3) is 8.79. The van der Waals surface area contributed by atoms with Gasteiger partial charge in [-0.3, -0.25) is 14.4 Å². The van der Waals surface area contributed by atoms with Crippen LogP contribution in [0.4, 0.5) is 11.4 Å². The fourth-order valence-corrected chi connectivity index (χ4v) is 3.67. The summed E-state index contributed by atoms with van der Waals surface area (Å²) >= 11 is 0. The highest BCUT2D eigenvalue weighted by atomic mass is 16.5. The van der Waals surface area contributed by atoms with Gasteiger partial charge in [-0.1, -0.05) is 44.2 Å². The Balaban J connectivity index is 1.38. The second kappa shape index (κ2) is 13.3. The van der Waals surface area contributed by atoms with Crippen LogP contribution in [0.3, 0.4) is 0 Å². The van der Waals surface area contributed by atoms with Gasteiger partial charge in [-0.15, -0.1) is 0 Å². The van der Waals surface area contributed by atoms with E-state index in [1.807, 2.05) is 38.1 Å². The molecule has 0 saturated heterocycles. The molecule has 0 saturated carbocycles. The molecule has 0 atom stereocenters. The van der Waals surface area contributed by atoms with E-state index >= 15 is 0 Å². The van der Waals surface area contributed by atoms with E-state index in [1.165, 1.54) is 0 Å². The number of carbonyl (C=O) groups excluding carboxylic acids is 3. The molecule has 194 valence electrons. The fourth-order valence-electron chi connectivity index (χ4n) is 3.67. The van der Waals surface area contributed by atoms with Gasteiger partial charge in [0.2, 0.25) is 5.91 Å². The minimum absolute atomic E-state index is 0.0481. The van der Waals surface area contributed by atoms with Gasteiger partial charge in [-0.25, -0.2) is 0 Å². The average molecular weight is 503 g/mol. The number of amides is 2. The standard InChI is InChI=1S/C30H34N2O5/c1-20(2)25-17-12-21(3)18-27(25)37-24-15-13-23(14-16-24)31-28(33)10-7-11-30(35)36-19-29(34)32-26-9-6-5-8-22(26)4/h5-6,8-9,12-18,20H,7,10-11,19H2,1-4H3,(H,31,33)(H,32,34). The van der Waals surface area contributed by atoms with Gasteiger partial charge in [0.1, 0.15) is 11.5 Å². The van der Waals surface area contributed by atoms with Crippen molar-refractivity contribution in [1.82, 2.24) is 0 Å². The third-order valence-corrected chi connectivity index (χ3v) is 5.73. The molecule has 3 aromatic carbocycles. The van der Waals surface area contributed by atoms with E-state index in [-0.39, 0.29) is 25.4 Å². The molecule has 2 N–H and O–H groups in total. The summed E-state index contributed by atoms with van der Waals surface area (Å²) in [6.45, 7) is 7.79. The fraction of sp³-hybridized carbons (Fsp3) is 0.300. The highest BCUT2D eigenvalue weighted by Crippen LogP contribution is 2.32. The number of nitrogens with one attached hydrogen (secondary N) is 2. The highest BCUT2D eigenvalue weighted by Gasteiger charge is 2.12. The van der Waals surface area contributed by atoms with Crippen LogP contribution in [0.5, 0.6) is 11.5 Å². The van der Waals surface area contributed by atoms with Crippen molar-refractivity contribution in [3.8, 4) is 11.5 Å². The molecule has 0 radical (unpaired) electrons. The second-order valence-corrected chi connectivity index (χ2v) is 9.25. The molecule has 3 rings (SSSR count). The van der Waals surface area contributed by atoms with Gasteiger partial charge >= 0.3 is 5.97 Å². The zero-order chi connectivity index (χ0) is 26.8. The number of benzene rings is 3. The molecular formula is C30H34N2O5. The monoisotopic (exact) mass is 502 g/mol. The number of rotatable bonds is 11. The Morgan fingerprint density at radius 3 is 2.27 bits per heavy atom. The van der Waals surface area contributed by atoms with E-state index in [0.29, 0.717) is 29.5 Å². The van der Waals surface area contributed by atoms with Crippen LogP contribution in [-0.4, -0.2) is 24.4 Å². The molecule has 3 aromatic rings. The van der Waals surface area contributed by atoms with Gasteiger partial charge in [-0.05, 0) is 79.3 Å². The van der Waals surface area contributed by atoms with E-state index in [1.54, 1.807) is 30.3 Å². The van der Waals surface area contributed by atoms with E-state index in [9.17, 15) is 14.4 Å². The summed E-state index contributed by atoms with van der Waals surface area (Å²) in [5.41, 5.74) is 4.49. The van der Waals surface area contributed by atoms with Gasteiger partial charge < -0.3 is 20.1 Å². The molecular weight excluding hydrogens is 468 g/mol. The second-order valence-electron chi connectivity index (χ2n) is 9.25. The van der Waals surface area contributed by atoms with Crippen molar-refractivity contribution in [3.05, 3.63) is 83.4 Å². The Kier molecular flexibility index (Phi) is 9.84. The Bertz CT molecular complexity index is 1230. The number of anilines is 2. The molecule has 0 aliphatic carbocycles. The Labute approximate surface area is 218 Å². The lowest BCUT2D eigenvalue weighted by Crippen LogP contribution is -2.21. The number of para-hydroxylation sites is 1. The first-order valence-electron chi connectivity index (χ1n) is 12.4. The first-order valence-corrected chi connectivity index (χ1v) is 12.4. The third-order valence-electron chi connectivity index (χ3n) is 5.73. The average Bonchev–Trinajstić information content (AvgIpc) is 2.85. The predicted molar refractivity (Wildman–Crippen MR) is 145 cm³/mol. The normalized spacial score (nSPS) is 10.6. The maximum Gasteiger partial charge on any atom is 0.306 e. The van der Waals surface area contributed by atoms with Crippen molar-refractivity contribution in [1.29, 1.82) is 0 Å². The van der Waals surface area contributed by atoms with Crippen LogP contribution in [0, 0.1) is 13.8 Å². The molecule has 0 heterocycles. The first-order chi connectivity index (χ1) is 17.7. The molecule has 0 aromatic heterocycles. The zero-order valence-corrected chi connectivity index (χ0v) is 21.8. The van der Waals surface area contributed by atoms with Crippen molar-refractivity contribution >= 4 is 29.2 Å². The van der Waals surface area contributed by atoms with Gasteiger partial charge in [0.05, 0.1) is 0 Å². The van der Waals surface area contributed by atoms with Crippen LogP contribution in [0.1, 0.15) is 55.7 Å². The minimum Gasteiger partial charge on any atom is -0.457 e. The Hall–Kier alpha value is -4.13. The zero-order valence-electron chi connectivity index (χ0n) is 21.8. The van der Waals surface area contributed by atoms with Crippen molar-refractivity contribution in [2.45, 2.75) is 52.9 Å². The maximum absolute atomic E-state index is 12.3. The summed E-state index contributed by atoms with van der Waals surface area (Å²) in [5, 5.41) is 5.52.